The Morgan fingerprint density at radius 1 is 1.06 bits per heavy atom. The van der Waals surface area contributed by atoms with Crippen molar-refractivity contribution in [2.75, 3.05) is 51.8 Å². The zero-order chi connectivity index (χ0) is 24.5. The summed E-state index contributed by atoms with van der Waals surface area (Å²) in [5.74, 6) is 1.04. The Morgan fingerprint density at radius 3 is 2.57 bits per heavy atom. The molecule has 0 aliphatic carbocycles. The topological polar surface area (TPSA) is 54.0 Å². The molecule has 2 aliphatic rings. The molecular weight excluding hydrogens is 462 g/mol. The van der Waals surface area contributed by atoms with Crippen LogP contribution in [0, 0.1) is 0 Å². The lowest BCUT2D eigenvalue weighted by Gasteiger charge is -2.40. The third kappa shape index (κ3) is 7.47. The molecule has 2 fully saturated rings. The van der Waals surface area contributed by atoms with Crippen molar-refractivity contribution < 1.29 is 14.3 Å². The molecule has 0 unspecified atom stereocenters. The average molecular weight is 498 g/mol. The molecular formula is C28H36ClN3O3. The van der Waals surface area contributed by atoms with Crippen molar-refractivity contribution in [2.24, 2.45) is 0 Å². The molecule has 188 valence electrons. The zero-order valence-electron chi connectivity index (χ0n) is 20.5. The number of benzene rings is 2. The van der Waals surface area contributed by atoms with Crippen molar-refractivity contribution in [3.05, 3.63) is 59.1 Å². The van der Waals surface area contributed by atoms with Crippen LogP contribution in [0.1, 0.15) is 37.7 Å². The summed E-state index contributed by atoms with van der Waals surface area (Å²) in [4.78, 5) is 17.6. The van der Waals surface area contributed by atoms with E-state index in [4.69, 9.17) is 21.1 Å². The molecule has 0 atom stereocenters. The lowest BCUT2D eigenvalue weighted by atomic mass is 10.00. The van der Waals surface area contributed by atoms with E-state index in [0.29, 0.717) is 28.8 Å². The van der Waals surface area contributed by atoms with Gasteiger partial charge in [-0.25, -0.2) is 0 Å². The van der Waals surface area contributed by atoms with Gasteiger partial charge in [0.25, 0.3) is 0 Å². The summed E-state index contributed by atoms with van der Waals surface area (Å²) in [6, 6.07) is 13.6. The van der Waals surface area contributed by atoms with Crippen molar-refractivity contribution in [1.29, 1.82) is 0 Å². The van der Waals surface area contributed by atoms with Crippen LogP contribution in [0.3, 0.4) is 0 Å². The molecule has 1 N–H and O–H groups in total. The lowest BCUT2D eigenvalue weighted by Crippen LogP contribution is -2.47. The SMILES string of the molecule is COc1ccc(NC(=O)/C=C/c2ccccc2Cl)cc1OCCN1CCC(N2CCCCC2)CC1. The summed E-state index contributed by atoms with van der Waals surface area (Å²) in [6.07, 6.45) is 9.76. The van der Waals surface area contributed by atoms with Crippen LogP contribution in [0.25, 0.3) is 6.08 Å². The van der Waals surface area contributed by atoms with Gasteiger partial charge in [0.2, 0.25) is 5.91 Å². The smallest absolute Gasteiger partial charge is 0.248 e. The van der Waals surface area contributed by atoms with Gasteiger partial charge in [0.05, 0.1) is 7.11 Å². The molecule has 2 aromatic carbocycles. The molecule has 1 amide bonds. The van der Waals surface area contributed by atoms with Gasteiger partial charge in [0.15, 0.2) is 11.5 Å². The molecule has 2 aliphatic heterocycles. The first-order valence-corrected chi connectivity index (χ1v) is 13.0. The number of piperidine rings is 2. The molecule has 0 radical (unpaired) electrons. The van der Waals surface area contributed by atoms with Gasteiger partial charge < -0.3 is 19.7 Å². The van der Waals surface area contributed by atoms with Crippen molar-refractivity contribution in [3.8, 4) is 11.5 Å². The maximum Gasteiger partial charge on any atom is 0.248 e. The molecule has 6 nitrogen and oxygen atoms in total. The van der Waals surface area contributed by atoms with Gasteiger partial charge in [-0.1, -0.05) is 36.2 Å². The monoisotopic (exact) mass is 497 g/mol. The molecule has 35 heavy (non-hydrogen) atoms. The van der Waals surface area contributed by atoms with Crippen molar-refractivity contribution in [2.45, 2.75) is 38.1 Å². The molecule has 2 heterocycles. The van der Waals surface area contributed by atoms with Gasteiger partial charge in [0, 0.05) is 35.4 Å². The van der Waals surface area contributed by atoms with E-state index in [1.807, 2.05) is 30.3 Å². The number of carbonyl (C=O) groups excluding carboxylic acids is 1. The van der Waals surface area contributed by atoms with E-state index in [-0.39, 0.29) is 5.91 Å². The minimum atomic E-state index is -0.238. The largest absolute Gasteiger partial charge is 0.493 e. The summed E-state index contributed by atoms with van der Waals surface area (Å²) < 4.78 is 11.5. The van der Waals surface area contributed by atoms with Crippen LogP contribution in [0.15, 0.2) is 48.5 Å². The van der Waals surface area contributed by atoms with Gasteiger partial charge in [-0.2, -0.15) is 0 Å². The fraction of sp³-hybridized carbons (Fsp3) is 0.464. The molecule has 2 aromatic rings. The van der Waals surface area contributed by atoms with Crippen LogP contribution >= 0.6 is 11.6 Å². The molecule has 7 heteroatoms. The van der Waals surface area contributed by atoms with Crippen molar-refractivity contribution in [3.63, 3.8) is 0 Å². The summed E-state index contributed by atoms with van der Waals surface area (Å²) >= 11 is 6.15. The fourth-order valence-corrected chi connectivity index (χ4v) is 5.10. The maximum absolute atomic E-state index is 12.4. The first-order chi connectivity index (χ1) is 17.1. The van der Waals surface area contributed by atoms with E-state index in [2.05, 4.69) is 15.1 Å². The number of nitrogens with zero attached hydrogens (tertiary/aromatic N) is 2. The number of nitrogens with one attached hydrogen (secondary N) is 1. The Balaban J connectivity index is 1.25. The highest BCUT2D eigenvalue weighted by Crippen LogP contribution is 2.30. The average Bonchev–Trinajstić information content (AvgIpc) is 2.89. The van der Waals surface area contributed by atoms with E-state index in [9.17, 15) is 4.79 Å². The number of methoxy groups -OCH3 is 1. The predicted octanol–water partition coefficient (Wildman–Crippen LogP) is 5.33. The van der Waals surface area contributed by atoms with Gasteiger partial charge >= 0.3 is 0 Å². The van der Waals surface area contributed by atoms with E-state index >= 15 is 0 Å². The lowest BCUT2D eigenvalue weighted by molar-refractivity contribution is -0.111. The minimum absolute atomic E-state index is 0.238. The van der Waals surface area contributed by atoms with Gasteiger partial charge in [-0.05, 0) is 81.7 Å². The highest BCUT2D eigenvalue weighted by Gasteiger charge is 2.25. The minimum Gasteiger partial charge on any atom is -0.493 e. The second-order valence-corrected chi connectivity index (χ2v) is 9.63. The van der Waals surface area contributed by atoms with Crippen LogP contribution in [-0.4, -0.2) is 68.2 Å². The maximum atomic E-state index is 12.4. The molecule has 0 aromatic heterocycles. The number of carbonyl (C=O) groups is 1. The van der Waals surface area contributed by atoms with E-state index < -0.39 is 0 Å². The first kappa shape index (κ1) is 25.5. The highest BCUT2D eigenvalue weighted by molar-refractivity contribution is 6.32. The first-order valence-electron chi connectivity index (χ1n) is 12.6. The highest BCUT2D eigenvalue weighted by atomic mass is 35.5. The zero-order valence-corrected chi connectivity index (χ0v) is 21.3. The number of halogens is 1. The van der Waals surface area contributed by atoms with Crippen LogP contribution in [0.4, 0.5) is 5.69 Å². The third-order valence-corrected chi connectivity index (χ3v) is 7.22. The summed E-state index contributed by atoms with van der Waals surface area (Å²) in [6.45, 7) is 6.25. The van der Waals surface area contributed by atoms with Gasteiger partial charge in [0.1, 0.15) is 6.61 Å². The van der Waals surface area contributed by atoms with Crippen molar-refractivity contribution >= 4 is 29.3 Å². The number of anilines is 1. The Labute approximate surface area is 213 Å². The number of rotatable bonds is 9. The summed E-state index contributed by atoms with van der Waals surface area (Å²) in [5, 5.41) is 3.48. The Hall–Kier alpha value is -2.54. The van der Waals surface area contributed by atoms with Gasteiger partial charge in [-0.3, -0.25) is 9.69 Å². The molecule has 4 rings (SSSR count). The van der Waals surface area contributed by atoms with Crippen LogP contribution in [0.2, 0.25) is 5.02 Å². The molecule has 0 spiro atoms. The number of ether oxygens (including phenoxy) is 2. The second kappa shape index (κ2) is 13.0. The Morgan fingerprint density at radius 2 is 1.83 bits per heavy atom. The van der Waals surface area contributed by atoms with E-state index in [0.717, 1.165) is 31.2 Å². The van der Waals surface area contributed by atoms with Crippen LogP contribution < -0.4 is 14.8 Å². The van der Waals surface area contributed by atoms with E-state index in [1.54, 1.807) is 25.3 Å². The summed E-state index contributed by atoms with van der Waals surface area (Å²) in [7, 11) is 1.62. The van der Waals surface area contributed by atoms with Crippen LogP contribution in [-0.2, 0) is 4.79 Å². The number of likely N-dealkylation sites (tertiary alicyclic amines) is 2. The summed E-state index contributed by atoms with van der Waals surface area (Å²) in [5.41, 5.74) is 1.44. The molecule has 0 bridgehead atoms. The molecule has 0 saturated carbocycles. The number of hydrogen-bond acceptors (Lipinski definition) is 5. The second-order valence-electron chi connectivity index (χ2n) is 9.23. The Bertz CT molecular complexity index is 999. The Kier molecular flexibility index (Phi) is 9.46. The number of hydrogen-bond donors (Lipinski definition) is 1. The van der Waals surface area contributed by atoms with Crippen LogP contribution in [0.5, 0.6) is 11.5 Å². The third-order valence-electron chi connectivity index (χ3n) is 6.88. The standard InChI is InChI=1S/C28H36ClN3O3/c1-34-26-11-10-23(30-28(33)12-9-22-7-3-4-8-25(22)29)21-27(26)35-20-19-31-17-13-24(14-18-31)32-15-5-2-6-16-32/h3-4,7-12,21,24H,2,5-6,13-20H2,1H3,(H,30,33)/b12-9+. The number of amides is 1. The predicted molar refractivity (Wildman–Crippen MR) is 142 cm³/mol. The molecule has 2 saturated heterocycles. The quantitative estimate of drug-likeness (QED) is 0.474. The van der Waals surface area contributed by atoms with E-state index in [1.165, 1.54) is 51.3 Å². The van der Waals surface area contributed by atoms with Crippen molar-refractivity contribution in [1.82, 2.24) is 9.80 Å². The van der Waals surface area contributed by atoms with Gasteiger partial charge in [-0.15, -0.1) is 0 Å². The normalized spacial score (nSPS) is 18.0. The fourth-order valence-electron chi connectivity index (χ4n) is 4.90.